The van der Waals surface area contributed by atoms with Crippen LogP contribution >= 0.6 is 15.9 Å². The van der Waals surface area contributed by atoms with Crippen molar-refractivity contribution in [2.75, 3.05) is 0 Å². The highest BCUT2D eigenvalue weighted by Crippen LogP contribution is 2.05. The molecule has 0 aliphatic rings. The summed E-state index contributed by atoms with van der Waals surface area (Å²) in [6, 6.07) is 0. The molecule has 0 aliphatic carbocycles. The van der Waals surface area contributed by atoms with Crippen LogP contribution in [0, 0.1) is 0 Å². The number of hydrogen-bond donors (Lipinski definition) is 0. The summed E-state index contributed by atoms with van der Waals surface area (Å²) < 4.78 is 1.15. The predicted octanol–water partition coefficient (Wildman–Crippen LogP) is 2.65. The van der Waals surface area contributed by atoms with E-state index in [0.29, 0.717) is 6.42 Å². The van der Waals surface area contributed by atoms with Gasteiger partial charge in [0.25, 0.3) is 0 Å². The SMILES string of the molecule is C/C(Br)=C/CCCC=O. The minimum absolute atomic E-state index is 0.677. The van der Waals surface area contributed by atoms with E-state index in [-0.39, 0.29) is 0 Å². The molecule has 52 valence electrons. The standard InChI is InChI=1S/C7H11BrO/c1-7(8)5-3-2-4-6-9/h5-6H,2-4H2,1H3/b7-5-. The molecule has 0 spiro atoms. The summed E-state index contributed by atoms with van der Waals surface area (Å²) in [6.07, 6.45) is 5.67. The lowest BCUT2D eigenvalue weighted by Crippen LogP contribution is -1.73. The van der Waals surface area contributed by atoms with Crippen LogP contribution in [0.1, 0.15) is 26.2 Å². The fraction of sp³-hybridized carbons (Fsp3) is 0.571. The number of allylic oxidation sites excluding steroid dienone is 2. The molecule has 0 aromatic rings. The maximum absolute atomic E-state index is 9.82. The number of unbranched alkanes of at least 4 members (excludes halogenated alkanes) is 2. The van der Waals surface area contributed by atoms with Gasteiger partial charge in [0.05, 0.1) is 0 Å². The normalized spacial score (nSPS) is 11.6. The van der Waals surface area contributed by atoms with Gasteiger partial charge in [-0.2, -0.15) is 0 Å². The Hall–Kier alpha value is -0.110. The topological polar surface area (TPSA) is 17.1 Å². The molecule has 0 aromatic carbocycles. The highest BCUT2D eigenvalue weighted by atomic mass is 79.9. The number of halogens is 1. The van der Waals surface area contributed by atoms with Crippen LogP contribution in [0.25, 0.3) is 0 Å². The maximum Gasteiger partial charge on any atom is 0.120 e. The Morgan fingerprint density at radius 1 is 1.56 bits per heavy atom. The Balaban J connectivity index is 3.09. The quantitative estimate of drug-likeness (QED) is 0.493. The molecule has 9 heavy (non-hydrogen) atoms. The summed E-state index contributed by atoms with van der Waals surface area (Å²) in [5, 5.41) is 0. The van der Waals surface area contributed by atoms with Gasteiger partial charge >= 0.3 is 0 Å². The largest absolute Gasteiger partial charge is 0.303 e. The van der Waals surface area contributed by atoms with E-state index in [9.17, 15) is 4.79 Å². The maximum atomic E-state index is 9.82. The molecule has 0 bridgehead atoms. The Kier molecular flexibility index (Phi) is 5.94. The highest BCUT2D eigenvalue weighted by Gasteiger charge is 1.82. The molecule has 0 unspecified atom stereocenters. The van der Waals surface area contributed by atoms with Gasteiger partial charge in [-0.05, 0) is 24.2 Å². The lowest BCUT2D eigenvalue weighted by atomic mass is 10.2. The molecular formula is C7H11BrO. The van der Waals surface area contributed by atoms with E-state index in [1.807, 2.05) is 6.92 Å². The van der Waals surface area contributed by atoms with Crippen LogP contribution in [0.3, 0.4) is 0 Å². The van der Waals surface area contributed by atoms with Crippen molar-refractivity contribution in [1.29, 1.82) is 0 Å². The van der Waals surface area contributed by atoms with Gasteiger partial charge in [0.1, 0.15) is 6.29 Å². The fourth-order valence-corrected chi connectivity index (χ4v) is 0.731. The van der Waals surface area contributed by atoms with Gasteiger partial charge in [-0.15, -0.1) is 0 Å². The number of hydrogen-bond acceptors (Lipinski definition) is 1. The molecule has 0 heterocycles. The van der Waals surface area contributed by atoms with Crippen molar-refractivity contribution in [2.45, 2.75) is 26.2 Å². The Bertz CT molecular complexity index is 103. The first-order valence-corrected chi connectivity index (χ1v) is 3.82. The number of carbonyl (C=O) groups is 1. The van der Waals surface area contributed by atoms with Gasteiger partial charge in [0.2, 0.25) is 0 Å². The van der Waals surface area contributed by atoms with Gasteiger partial charge in [-0.25, -0.2) is 0 Å². The van der Waals surface area contributed by atoms with Crippen LogP contribution in [0.4, 0.5) is 0 Å². The highest BCUT2D eigenvalue weighted by molar-refractivity contribution is 9.11. The molecule has 0 saturated carbocycles. The fourth-order valence-electron chi connectivity index (χ4n) is 0.502. The van der Waals surface area contributed by atoms with Crippen molar-refractivity contribution >= 4 is 22.2 Å². The van der Waals surface area contributed by atoms with E-state index in [1.54, 1.807) is 0 Å². The molecular weight excluding hydrogens is 180 g/mol. The molecule has 0 radical (unpaired) electrons. The predicted molar refractivity (Wildman–Crippen MR) is 42.6 cm³/mol. The summed E-state index contributed by atoms with van der Waals surface area (Å²) in [5.74, 6) is 0. The molecule has 0 atom stereocenters. The van der Waals surface area contributed by atoms with Crippen molar-refractivity contribution in [2.24, 2.45) is 0 Å². The summed E-state index contributed by atoms with van der Waals surface area (Å²) in [6.45, 7) is 1.99. The van der Waals surface area contributed by atoms with Crippen LogP contribution in [0.5, 0.6) is 0 Å². The summed E-state index contributed by atoms with van der Waals surface area (Å²) in [7, 11) is 0. The third-order valence-corrected chi connectivity index (χ3v) is 1.28. The summed E-state index contributed by atoms with van der Waals surface area (Å²) in [4.78, 5) is 9.82. The van der Waals surface area contributed by atoms with E-state index < -0.39 is 0 Å². The lowest BCUT2D eigenvalue weighted by molar-refractivity contribution is -0.107. The Morgan fingerprint density at radius 3 is 2.67 bits per heavy atom. The zero-order valence-corrected chi connectivity index (χ0v) is 7.15. The third-order valence-electron chi connectivity index (χ3n) is 0.952. The number of aldehydes is 1. The molecule has 0 aromatic heterocycles. The lowest BCUT2D eigenvalue weighted by Gasteiger charge is -1.87. The van der Waals surface area contributed by atoms with E-state index in [0.717, 1.165) is 23.6 Å². The second-order valence-corrected chi connectivity index (χ2v) is 3.14. The van der Waals surface area contributed by atoms with Gasteiger partial charge in [-0.1, -0.05) is 22.0 Å². The van der Waals surface area contributed by atoms with Crippen molar-refractivity contribution < 1.29 is 4.79 Å². The zero-order valence-electron chi connectivity index (χ0n) is 5.56. The second kappa shape index (κ2) is 6.02. The zero-order chi connectivity index (χ0) is 7.11. The molecule has 1 nitrogen and oxygen atoms in total. The minimum Gasteiger partial charge on any atom is -0.303 e. The van der Waals surface area contributed by atoms with Crippen LogP contribution < -0.4 is 0 Å². The first kappa shape index (κ1) is 8.89. The van der Waals surface area contributed by atoms with Crippen LogP contribution in [0.15, 0.2) is 10.6 Å². The Labute approximate surface area is 64.3 Å². The third kappa shape index (κ3) is 7.89. The average Bonchev–Trinajstić information content (AvgIpc) is 1.80. The molecule has 0 fully saturated rings. The van der Waals surface area contributed by atoms with Gasteiger partial charge in [0, 0.05) is 6.42 Å². The average molecular weight is 191 g/mol. The monoisotopic (exact) mass is 190 g/mol. The minimum atomic E-state index is 0.677. The Morgan fingerprint density at radius 2 is 2.22 bits per heavy atom. The van der Waals surface area contributed by atoms with E-state index in [4.69, 9.17) is 0 Å². The van der Waals surface area contributed by atoms with Crippen molar-refractivity contribution in [3.05, 3.63) is 10.6 Å². The number of carbonyl (C=O) groups excluding carboxylic acids is 1. The van der Waals surface area contributed by atoms with Gasteiger partial charge in [-0.3, -0.25) is 0 Å². The molecule has 0 rings (SSSR count). The molecule has 2 heteroatoms. The molecule has 0 saturated heterocycles. The molecule has 0 N–H and O–H groups in total. The van der Waals surface area contributed by atoms with Crippen molar-refractivity contribution in [1.82, 2.24) is 0 Å². The first-order valence-electron chi connectivity index (χ1n) is 3.03. The van der Waals surface area contributed by atoms with E-state index >= 15 is 0 Å². The van der Waals surface area contributed by atoms with E-state index in [2.05, 4.69) is 22.0 Å². The van der Waals surface area contributed by atoms with Crippen molar-refractivity contribution in [3.63, 3.8) is 0 Å². The summed E-state index contributed by atoms with van der Waals surface area (Å²) in [5.41, 5.74) is 0. The van der Waals surface area contributed by atoms with Gasteiger partial charge in [0.15, 0.2) is 0 Å². The van der Waals surface area contributed by atoms with Crippen LogP contribution in [0.2, 0.25) is 0 Å². The van der Waals surface area contributed by atoms with Crippen LogP contribution in [-0.4, -0.2) is 6.29 Å². The molecule has 0 amide bonds. The van der Waals surface area contributed by atoms with Crippen LogP contribution in [-0.2, 0) is 4.79 Å². The second-order valence-electron chi connectivity index (χ2n) is 1.89. The van der Waals surface area contributed by atoms with Gasteiger partial charge < -0.3 is 4.79 Å². The number of rotatable bonds is 4. The van der Waals surface area contributed by atoms with Crippen molar-refractivity contribution in [3.8, 4) is 0 Å². The van der Waals surface area contributed by atoms with E-state index in [1.165, 1.54) is 0 Å². The summed E-state index contributed by atoms with van der Waals surface area (Å²) >= 11 is 3.30. The smallest absolute Gasteiger partial charge is 0.120 e. The molecule has 0 aliphatic heterocycles. The first-order chi connectivity index (χ1) is 4.27.